The summed E-state index contributed by atoms with van der Waals surface area (Å²) in [5.74, 6) is -5.00. The highest BCUT2D eigenvalue weighted by Crippen LogP contribution is 2.52. The van der Waals surface area contributed by atoms with Crippen LogP contribution in [0.1, 0.15) is 5.56 Å². The number of aromatic hydroxyl groups is 5. The van der Waals surface area contributed by atoms with Crippen LogP contribution in [0.5, 0.6) is 28.7 Å². The summed E-state index contributed by atoms with van der Waals surface area (Å²) in [6.45, 7) is 1.41. The van der Waals surface area contributed by atoms with E-state index >= 15 is 0 Å². The number of aryl methyl sites for hydroxylation is 1. The Hall–Kier alpha value is -4.15. The van der Waals surface area contributed by atoms with Crippen molar-refractivity contribution < 1.29 is 29.9 Å². The summed E-state index contributed by atoms with van der Waals surface area (Å²) < 4.78 is 5.46. The van der Waals surface area contributed by atoms with E-state index in [0.29, 0.717) is 0 Å². The molecule has 3 rings (SSSR count). The van der Waals surface area contributed by atoms with Crippen LogP contribution in [0.2, 0.25) is 0 Å². The number of nitrogen functional groups attached to an aromatic ring is 4. The fourth-order valence-corrected chi connectivity index (χ4v) is 2.78. The van der Waals surface area contributed by atoms with Crippen LogP contribution in [0.4, 0.5) is 22.7 Å². The van der Waals surface area contributed by atoms with Crippen molar-refractivity contribution in [3.63, 3.8) is 0 Å². The molecule has 0 aliphatic carbocycles. The maximum absolute atomic E-state index is 12.7. The van der Waals surface area contributed by atoms with Crippen molar-refractivity contribution in [1.82, 2.24) is 0 Å². The summed E-state index contributed by atoms with van der Waals surface area (Å²) in [6.07, 6.45) is 0. The third-order valence-electron chi connectivity index (χ3n) is 4.35. The number of nitrogens with two attached hydrogens (primary N) is 4. The summed E-state index contributed by atoms with van der Waals surface area (Å²) in [5.41, 5.74) is 19.5. The fraction of sp³-hybridized carbons (Fsp3) is 0.0625. The lowest BCUT2D eigenvalue weighted by Crippen LogP contribution is -2.09. The van der Waals surface area contributed by atoms with E-state index in [2.05, 4.69) is 0 Å². The molecule has 0 saturated heterocycles. The number of anilines is 4. The molecule has 0 spiro atoms. The molecular formula is C16H16N4O7. The summed E-state index contributed by atoms with van der Waals surface area (Å²) in [6, 6.07) is 0. The van der Waals surface area contributed by atoms with E-state index in [4.69, 9.17) is 27.4 Å². The van der Waals surface area contributed by atoms with Gasteiger partial charge >= 0.3 is 0 Å². The summed E-state index contributed by atoms with van der Waals surface area (Å²) in [4.78, 5) is 12.7. The van der Waals surface area contributed by atoms with Crippen molar-refractivity contribution in [2.45, 2.75) is 6.92 Å². The SMILES string of the molecule is Cc1c(N)c(O)c(N)c2oc(-c3c(N)c(O)c(O)c(O)c3N)c(O)c(=O)c12. The molecule has 11 heteroatoms. The Bertz CT molecular complexity index is 1170. The third kappa shape index (κ3) is 2.11. The molecule has 1 heterocycles. The number of hydrogen-bond acceptors (Lipinski definition) is 11. The topological polar surface area (TPSA) is 235 Å². The lowest BCUT2D eigenvalue weighted by molar-refractivity contribution is 0.370. The van der Waals surface area contributed by atoms with Gasteiger partial charge in [0.15, 0.2) is 28.6 Å². The van der Waals surface area contributed by atoms with E-state index in [1.54, 1.807) is 0 Å². The summed E-state index contributed by atoms with van der Waals surface area (Å²) >= 11 is 0. The molecule has 1 aromatic heterocycles. The molecule has 0 unspecified atom stereocenters. The van der Waals surface area contributed by atoms with Gasteiger partial charge in [-0.25, -0.2) is 0 Å². The molecule has 11 nitrogen and oxygen atoms in total. The van der Waals surface area contributed by atoms with Gasteiger partial charge in [0.05, 0.1) is 28.0 Å². The van der Waals surface area contributed by atoms with Gasteiger partial charge in [0.1, 0.15) is 5.69 Å². The molecule has 3 aromatic rings. The minimum Gasteiger partial charge on any atom is -0.504 e. The lowest BCUT2D eigenvalue weighted by atomic mass is 10.0. The Labute approximate surface area is 150 Å². The summed E-state index contributed by atoms with van der Waals surface area (Å²) in [5, 5.41) is 49.4. The maximum atomic E-state index is 12.7. The Balaban J connectivity index is 2.57. The number of hydrogen-bond donors (Lipinski definition) is 9. The first-order valence-corrected chi connectivity index (χ1v) is 7.39. The normalized spacial score (nSPS) is 11.1. The molecule has 142 valence electrons. The number of phenolic OH excluding ortho intramolecular Hbond substituents is 4. The first-order valence-electron chi connectivity index (χ1n) is 7.39. The van der Waals surface area contributed by atoms with Crippen molar-refractivity contribution >= 4 is 33.7 Å². The van der Waals surface area contributed by atoms with Crippen LogP contribution < -0.4 is 28.4 Å². The van der Waals surface area contributed by atoms with Crippen LogP contribution in [0.25, 0.3) is 22.3 Å². The second-order valence-electron chi connectivity index (χ2n) is 5.86. The van der Waals surface area contributed by atoms with Crippen molar-refractivity contribution in [1.29, 1.82) is 0 Å². The molecule has 0 amide bonds. The highest BCUT2D eigenvalue weighted by molar-refractivity contribution is 6.02. The van der Waals surface area contributed by atoms with E-state index in [1.807, 2.05) is 0 Å². The molecule has 0 atom stereocenters. The molecule has 0 saturated carbocycles. The quantitative estimate of drug-likeness (QED) is 0.162. The highest BCUT2D eigenvalue weighted by atomic mass is 16.4. The molecule has 0 aliphatic rings. The van der Waals surface area contributed by atoms with E-state index in [0.717, 1.165) is 0 Å². The molecule has 0 fully saturated rings. The second kappa shape index (κ2) is 5.42. The predicted molar refractivity (Wildman–Crippen MR) is 98.6 cm³/mol. The predicted octanol–water partition coefficient (Wildman–Crippen LogP) is 0.625. The van der Waals surface area contributed by atoms with E-state index in [9.17, 15) is 30.3 Å². The third-order valence-corrected chi connectivity index (χ3v) is 4.35. The minimum atomic E-state index is -0.989. The van der Waals surface area contributed by atoms with Crippen LogP contribution in [0.3, 0.4) is 0 Å². The number of fused-ring (bicyclic) bond motifs is 1. The van der Waals surface area contributed by atoms with Crippen molar-refractivity contribution in [2.24, 2.45) is 0 Å². The highest BCUT2D eigenvalue weighted by Gasteiger charge is 2.28. The molecule has 0 bridgehead atoms. The van der Waals surface area contributed by atoms with Gasteiger partial charge < -0.3 is 52.9 Å². The maximum Gasteiger partial charge on any atom is 0.235 e. The molecule has 27 heavy (non-hydrogen) atoms. The van der Waals surface area contributed by atoms with Crippen molar-refractivity contribution in [2.75, 3.05) is 22.9 Å². The second-order valence-corrected chi connectivity index (χ2v) is 5.86. The molecule has 0 aliphatic heterocycles. The number of benzene rings is 2. The van der Waals surface area contributed by atoms with Gasteiger partial charge in [-0.3, -0.25) is 4.79 Å². The Morgan fingerprint density at radius 2 is 1.22 bits per heavy atom. The Morgan fingerprint density at radius 3 is 1.74 bits per heavy atom. The van der Waals surface area contributed by atoms with E-state index in [-0.39, 0.29) is 27.9 Å². The van der Waals surface area contributed by atoms with Gasteiger partial charge in [0.2, 0.25) is 16.9 Å². The summed E-state index contributed by atoms with van der Waals surface area (Å²) in [7, 11) is 0. The van der Waals surface area contributed by atoms with E-state index < -0.39 is 56.9 Å². The van der Waals surface area contributed by atoms with Crippen LogP contribution in [0, 0.1) is 6.92 Å². The van der Waals surface area contributed by atoms with Crippen LogP contribution in [-0.2, 0) is 0 Å². The van der Waals surface area contributed by atoms with Gasteiger partial charge in [0.25, 0.3) is 0 Å². The Morgan fingerprint density at radius 1 is 0.704 bits per heavy atom. The smallest absolute Gasteiger partial charge is 0.235 e. The zero-order valence-corrected chi connectivity index (χ0v) is 13.9. The van der Waals surface area contributed by atoms with Crippen LogP contribution in [0.15, 0.2) is 9.21 Å². The standard InChI is InChI=1S/C16H16N4O7/c1-2-3-9(21)14(26)16(27-15(3)8(20)10(22)5(2)17)4-6(18)11(23)13(25)12(24)7(4)19/h22-26H,17-20H2,1H3. The molecular weight excluding hydrogens is 360 g/mol. The molecule has 2 aromatic carbocycles. The fourth-order valence-electron chi connectivity index (χ4n) is 2.78. The zero-order valence-electron chi connectivity index (χ0n) is 13.9. The average Bonchev–Trinajstić information content (AvgIpc) is 2.64. The average molecular weight is 376 g/mol. The van der Waals surface area contributed by atoms with Gasteiger partial charge in [0, 0.05) is 0 Å². The lowest BCUT2D eigenvalue weighted by Gasteiger charge is -2.16. The number of rotatable bonds is 1. The van der Waals surface area contributed by atoms with Gasteiger partial charge in [-0.2, -0.15) is 0 Å². The zero-order chi connectivity index (χ0) is 20.4. The number of phenols is 4. The van der Waals surface area contributed by atoms with Gasteiger partial charge in [-0.05, 0) is 12.5 Å². The van der Waals surface area contributed by atoms with Gasteiger partial charge in [-0.1, -0.05) is 0 Å². The monoisotopic (exact) mass is 376 g/mol. The molecule has 13 N–H and O–H groups in total. The van der Waals surface area contributed by atoms with E-state index in [1.165, 1.54) is 6.92 Å². The first-order chi connectivity index (χ1) is 12.5. The van der Waals surface area contributed by atoms with Gasteiger partial charge in [-0.15, -0.1) is 0 Å². The van der Waals surface area contributed by atoms with Crippen molar-refractivity contribution in [3.05, 3.63) is 15.8 Å². The Kier molecular flexibility index (Phi) is 3.55. The first kappa shape index (κ1) is 17.7. The molecule has 0 radical (unpaired) electrons. The minimum absolute atomic E-state index is 0.115. The largest absolute Gasteiger partial charge is 0.504 e. The van der Waals surface area contributed by atoms with Crippen molar-refractivity contribution in [3.8, 4) is 40.1 Å². The van der Waals surface area contributed by atoms with Crippen LogP contribution >= 0.6 is 0 Å². The van der Waals surface area contributed by atoms with Crippen LogP contribution in [-0.4, -0.2) is 25.5 Å².